The number of hydrogen-bond acceptors (Lipinski definition) is 1. The third-order valence-electron chi connectivity index (χ3n) is 2.14. The van der Waals surface area contributed by atoms with Gasteiger partial charge in [-0.2, -0.15) is 0 Å². The molecule has 0 fully saturated rings. The molecule has 0 spiro atoms. The highest BCUT2D eigenvalue weighted by atomic mass is 14.7. The van der Waals surface area contributed by atoms with Crippen LogP contribution < -0.4 is 10.4 Å². The van der Waals surface area contributed by atoms with E-state index in [1.807, 2.05) is 31.2 Å². The van der Waals surface area contributed by atoms with E-state index in [-0.39, 0.29) is 0 Å². The number of aliphatic imine (C=N–C) groups is 1. The predicted molar refractivity (Wildman–Crippen MR) is 70.4 cm³/mol. The Morgan fingerprint density at radius 3 is 2.13 bits per heavy atom. The number of unbranched alkanes of at least 4 members (excludes halogenated alkanes) is 1. The van der Waals surface area contributed by atoms with Crippen molar-refractivity contribution in [1.82, 2.24) is 0 Å². The van der Waals surface area contributed by atoms with E-state index in [1.165, 1.54) is 12.8 Å². The summed E-state index contributed by atoms with van der Waals surface area (Å²) in [6.45, 7) is 13.6. The first-order chi connectivity index (χ1) is 7.17. The molecule has 1 aromatic carbocycles. The molecule has 0 amide bonds. The van der Waals surface area contributed by atoms with Gasteiger partial charge >= 0.3 is 0 Å². The SMILES string of the molecule is C=N/C(C)=c1/ccccc1=C.CCCC. The van der Waals surface area contributed by atoms with Crippen LogP contribution >= 0.6 is 0 Å². The summed E-state index contributed by atoms with van der Waals surface area (Å²) in [5.41, 5.74) is 0.926. The molecule has 0 saturated carbocycles. The van der Waals surface area contributed by atoms with Crippen molar-refractivity contribution < 1.29 is 0 Å². The summed E-state index contributed by atoms with van der Waals surface area (Å²) in [6, 6.07) is 7.89. The minimum Gasteiger partial charge on any atom is -0.269 e. The molecule has 0 saturated heterocycles. The molecule has 0 bridgehead atoms. The van der Waals surface area contributed by atoms with E-state index in [9.17, 15) is 0 Å². The van der Waals surface area contributed by atoms with E-state index < -0.39 is 0 Å². The van der Waals surface area contributed by atoms with Crippen molar-refractivity contribution in [2.24, 2.45) is 4.99 Å². The summed E-state index contributed by atoms with van der Waals surface area (Å²) in [4.78, 5) is 3.85. The molecule has 0 aliphatic heterocycles. The first-order valence-electron chi connectivity index (χ1n) is 5.38. The van der Waals surface area contributed by atoms with E-state index in [4.69, 9.17) is 0 Å². The zero-order chi connectivity index (χ0) is 11.7. The van der Waals surface area contributed by atoms with Gasteiger partial charge in [-0.05, 0) is 18.9 Å². The number of rotatable bonds is 2. The van der Waals surface area contributed by atoms with Crippen LogP contribution in [0.5, 0.6) is 0 Å². The molecule has 82 valence electrons. The van der Waals surface area contributed by atoms with Gasteiger partial charge in [0.2, 0.25) is 0 Å². The maximum Gasteiger partial charge on any atom is 0.0443 e. The highest BCUT2D eigenvalue weighted by molar-refractivity contribution is 5.48. The van der Waals surface area contributed by atoms with Crippen molar-refractivity contribution in [3.63, 3.8) is 0 Å². The third-order valence-corrected chi connectivity index (χ3v) is 2.14. The Hall–Kier alpha value is -1.37. The monoisotopic (exact) mass is 203 g/mol. The van der Waals surface area contributed by atoms with Crippen LogP contribution in [0.3, 0.4) is 0 Å². The van der Waals surface area contributed by atoms with Crippen molar-refractivity contribution in [3.8, 4) is 0 Å². The molecule has 0 aliphatic carbocycles. The lowest BCUT2D eigenvalue weighted by atomic mass is 10.2. The van der Waals surface area contributed by atoms with Crippen LogP contribution in [0.15, 0.2) is 29.3 Å². The van der Waals surface area contributed by atoms with Crippen LogP contribution in [0.1, 0.15) is 33.6 Å². The number of benzene rings is 1. The van der Waals surface area contributed by atoms with Crippen LogP contribution in [-0.2, 0) is 0 Å². The molecule has 1 heteroatoms. The Bertz CT molecular complexity index is 388. The lowest BCUT2D eigenvalue weighted by molar-refractivity contribution is 0.886. The fraction of sp³-hybridized carbons (Fsp3) is 0.357. The van der Waals surface area contributed by atoms with Crippen LogP contribution in [0.2, 0.25) is 0 Å². The summed E-state index contributed by atoms with van der Waals surface area (Å²) < 4.78 is 0. The normalized spacial score (nSPS) is 11.1. The van der Waals surface area contributed by atoms with Gasteiger partial charge in [0.25, 0.3) is 0 Å². The molecule has 0 heterocycles. The molecule has 1 nitrogen and oxygen atoms in total. The van der Waals surface area contributed by atoms with Crippen molar-refractivity contribution >= 4 is 19.0 Å². The molecule has 0 N–H and O–H groups in total. The van der Waals surface area contributed by atoms with E-state index in [2.05, 4.69) is 32.1 Å². The van der Waals surface area contributed by atoms with Gasteiger partial charge in [-0.15, -0.1) is 0 Å². The molecule has 0 aromatic heterocycles. The number of hydrogen-bond donors (Lipinski definition) is 0. The summed E-state index contributed by atoms with van der Waals surface area (Å²) in [5.74, 6) is 0. The zero-order valence-corrected chi connectivity index (χ0v) is 10.1. The maximum atomic E-state index is 3.88. The Morgan fingerprint density at radius 1 is 1.20 bits per heavy atom. The quantitative estimate of drug-likeness (QED) is 0.655. The third kappa shape index (κ3) is 5.16. The van der Waals surface area contributed by atoms with Gasteiger partial charge in [-0.3, -0.25) is 4.99 Å². The average molecular weight is 203 g/mol. The van der Waals surface area contributed by atoms with E-state index in [0.29, 0.717) is 0 Å². The van der Waals surface area contributed by atoms with E-state index in [1.54, 1.807) is 0 Å². The molecule has 1 aromatic rings. The van der Waals surface area contributed by atoms with Gasteiger partial charge in [-0.25, -0.2) is 0 Å². The first-order valence-corrected chi connectivity index (χ1v) is 5.38. The summed E-state index contributed by atoms with van der Waals surface area (Å²) in [7, 11) is 0. The molecule has 0 unspecified atom stereocenters. The summed E-state index contributed by atoms with van der Waals surface area (Å²) in [5, 5.41) is 2.07. The second kappa shape index (κ2) is 7.98. The average Bonchev–Trinajstić information content (AvgIpc) is 2.29. The Morgan fingerprint density at radius 2 is 1.73 bits per heavy atom. The summed E-state index contributed by atoms with van der Waals surface area (Å²) >= 11 is 0. The van der Waals surface area contributed by atoms with Crippen molar-refractivity contribution in [3.05, 3.63) is 34.7 Å². The van der Waals surface area contributed by atoms with Crippen LogP contribution in [0, 0.1) is 0 Å². The first kappa shape index (κ1) is 13.6. The topological polar surface area (TPSA) is 12.4 Å². The lowest BCUT2D eigenvalue weighted by Gasteiger charge is -1.90. The van der Waals surface area contributed by atoms with Gasteiger partial charge in [0, 0.05) is 10.9 Å². The van der Waals surface area contributed by atoms with Gasteiger partial charge in [0.1, 0.15) is 0 Å². The maximum absolute atomic E-state index is 3.88. The second-order valence-corrected chi connectivity index (χ2v) is 3.40. The van der Waals surface area contributed by atoms with Crippen molar-refractivity contribution in [1.29, 1.82) is 0 Å². The van der Waals surface area contributed by atoms with Gasteiger partial charge in [-0.1, -0.05) is 57.5 Å². The van der Waals surface area contributed by atoms with Crippen LogP contribution in [0.4, 0.5) is 0 Å². The van der Waals surface area contributed by atoms with Crippen LogP contribution in [-0.4, -0.2) is 6.72 Å². The molecule has 15 heavy (non-hydrogen) atoms. The number of nitrogens with zero attached hydrogens (tertiary/aromatic N) is 1. The highest BCUT2D eigenvalue weighted by Gasteiger charge is 1.84. The standard InChI is InChI=1S/C10H11N.C4H10/c1-8-6-4-5-7-10(8)9(2)11-3;1-3-4-2/h4-7H,1,3H2,2H3;3-4H2,1-2H3/b10-9-;. The van der Waals surface area contributed by atoms with Gasteiger partial charge < -0.3 is 0 Å². The smallest absolute Gasteiger partial charge is 0.0443 e. The Labute approximate surface area is 92.9 Å². The largest absolute Gasteiger partial charge is 0.269 e. The Kier molecular flexibility index (Phi) is 7.25. The zero-order valence-electron chi connectivity index (χ0n) is 10.1. The van der Waals surface area contributed by atoms with Crippen molar-refractivity contribution in [2.75, 3.05) is 0 Å². The minimum absolute atomic E-state index is 0.926. The van der Waals surface area contributed by atoms with E-state index >= 15 is 0 Å². The van der Waals surface area contributed by atoms with Crippen molar-refractivity contribution in [2.45, 2.75) is 33.6 Å². The predicted octanol–water partition coefficient (Wildman–Crippen LogP) is 2.73. The molecular weight excluding hydrogens is 182 g/mol. The molecule has 1 rings (SSSR count). The Balaban J connectivity index is 0.000000423. The fourth-order valence-corrected chi connectivity index (χ4v) is 0.958. The molecular formula is C14H21N. The van der Waals surface area contributed by atoms with Gasteiger partial charge in [0.15, 0.2) is 0 Å². The second-order valence-electron chi connectivity index (χ2n) is 3.40. The minimum atomic E-state index is 0.926. The van der Waals surface area contributed by atoms with Crippen LogP contribution in [0.25, 0.3) is 12.3 Å². The summed E-state index contributed by atoms with van der Waals surface area (Å²) in [6.07, 6.45) is 2.64. The van der Waals surface area contributed by atoms with E-state index in [0.717, 1.165) is 16.1 Å². The fourth-order valence-electron chi connectivity index (χ4n) is 0.958. The van der Waals surface area contributed by atoms with Gasteiger partial charge in [0.05, 0.1) is 0 Å². The highest BCUT2D eigenvalue weighted by Crippen LogP contribution is 1.86. The molecule has 0 radical (unpaired) electrons. The lowest BCUT2D eigenvalue weighted by Crippen LogP contribution is -2.23. The molecule has 0 atom stereocenters. The molecule has 0 aliphatic rings.